The third-order valence-corrected chi connectivity index (χ3v) is 6.59. The zero-order valence-corrected chi connectivity index (χ0v) is 14.0. The molecule has 0 bridgehead atoms. The topological polar surface area (TPSA) is 86.5 Å². The molecule has 0 aromatic heterocycles. The number of hydrogen-bond donors (Lipinski definition) is 1. The minimum Gasteiger partial charge on any atom is -0.465 e. The highest BCUT2D eigenvalue weighted by atomic mass is 32.2. The number of esters is 1. The molecule has 6 heteroatoms. The standard InChI is InChI=1S/C16H23NO4S/c1-4-11-7-9-12(10-8-11)13-14(22(19,20)6-3)16(13,17)15(18)21-5-2/h7-10,13-14H,4-6,17H2,1-3H3/t13-,14-,16+/m1/s1. The first-order valence-corrected chi connectivity index (χ1v) is 9.30. The second kappa shape index (κ2) is 6.01. The first-order chi connectivity index (χ1) is 10.3. The van der Waals surface area contributed by atoms with E-state index in [0.29, 0.717) is 0 Å². The number of carbonyl (C=O) groups is 1. The molecule has 0 spiro atoms. The maximum absolute atomic E-state index is 12.3. The van der Waals surface area contributed by atoms with Crippen molar-refractivity contribution in [2.45, 2.75) is 43.9 Å². The highest BCUT2D eigenvalue weighted by Crippen LogP contribution is 2.55. The van der Waals surface area contributed by atoms with Gasteiger partial charge in [0, 0.05) is 11.7 Å². The van der Waals surface area contributed by atoms with Crippen molar-refractivity contribution in [2.24, 2.45) is 5.73 Å². The molecule has 2 N–H and O–H groups in total. The van der Waals surface area contributed by atoms with Crippen LogP contribution >= 0.6 is 0 Å². The molecular weight excluding hydrogens is 302 g/mol. The van der Waals surface area contributed by atoms with Gasteiger partial charge in [0.2, 0.25) is 0 Å². The predicted octanol–water partition coefficient (Wildman–Crippen LogP) is 1.41. The van der Waals surface area contributed by atoms with Gasteiger partial charge in [-0.05, 0) is 24.5 Å². The Morgan fingerprint density at radius 2 is 1.82 bits per heavy atom. The van der Waals surface area contributed by atoms with E-state index >= 15 is 0 Å². The molecule has 3 atom stereocenters. The van der Waals surface area contributed by atoms with Crippen LogP contribution in [-0.2, 0) is 25.8 Å². The molecular formula is C16H23NO4S. The largest absolute Gasteiger partial charge is 0.465 e. The van der Waals surface area contributed by atoms with Crippen molar-refractivity contribution in [3.05, 3.63) is 35.4 Å². The van der Waals surface area contributed by atoms with Gasteiger partial charge in [0.05, 0.1) is 11.9 Å². The monoisotopic (exact) mass is 325 g/mol. The lowest BCUT2D eigenvalue weighted by Gasteiger charge is -2.11. The Morgan fingerprint density at radius 1 is 1.23 bits per heavy atom. The summed E-state index contributed by atoms with van der Waals surface area (Å²) in [6.45, 7) is 5.47. The minimum absolute atomic E-state index is 0.0421. The van der Waals surface area contributed by atoms with Crippen molar-refractivity contribution in [2.75, 3.05) is 12.4 Å². The van der Waals surface area contributed by atoms with E-state index < -0.39 is 32.5 Å². The summed E-state index contributed by atoms with van der Waals surface area (Å²) in [5, 5.41) is -0.906. The average molecular weight is 325 g/mol. The minimum atomic E-state index is -3.43. The second-order valence-corrected chi connectivity index (χ2v) is 8.01. The van der Waals surface area contributed by atoms with E-state index in [1.165, 1.54) is 0 Å². The number of rotatable bonds is 6. The molecule has 1 aromatic rings. The normalized spacial score (nSPS) is 27.5. The lowest BCUT2D eigenvalue weighted by molar-refractivity contribution is -0.145. The second-order valence-electron chi connectivity index (χ2n) is 5.60. The van der Waals surface area contributed by atoms with Crippen LogP contribution in [0.3, 0.4) is 0 Å². The number of hydrogen-bond acceptors (Lipinski definition) is 5. The number of carbonyl (C=O) groups excluding carboxylic acids is 1. The molecule has 0 radical (unpaired) electrons. The molecule has 0 unspecified atom stereocenters. The third-order valence-electron chi connectivity index (χ3n) is 4.34. The fourth-order valence-corrected chi connectivity index (χ4v) is 4.88. The maximum atomic E-state index is 12.3. The Bertz CT molecular complexity index is 653. The first kappa shape index (κ1) is 17.0. The maximum Gasteiger partial charge on any atom is 0.328 e. The Morgan fingerprint density at radius 3 is 2.27 bits per heavy atom. The van der Waals surface area contributed by atoms with Crippen molar-refractivity contribution in [3.63, 3.8) is 0 Å². The van der Waals surface area contributed by atoms with Crippen LogP contribution in [0.15, 0.2) is 24.3 Å². The van der Waals surface area contributed by atoms with Gasteiger partial charge in [-0.3, -0.25) is 0 Å². The van der Waals surface area contributed by atoms with Crippen LogP contribution in [0.4, 0.5) is 0 Å². The van der Waals surface area contributed by atoms with Crippen molar-refractivity contribution < 1.29 is 17.9 Å². The van der Waals surface area contributed by atoms with Crippen LogP contribution in [-0.4, -0.2) is 37.5 Å². The number of nitrogens with two attached hydrogens (primary N) is 1. The summed E-state index contributed by atoms with van der Waals surface area (Å²) in [6, 6.07) is 7.59. The van der Waals surface area contributed by atoms with Crippen LogP contribution < -0.4 is 5.73 Å². The lowest BCUT2D eigenvalue weighted by atomic mass is 10.0. The SMILES string of the molecule is CCOC(=O)[C@]1(N)[C@H](c2ccc(CC)cc2)[C@H]1S(=O)(=O)CC. The van der Waals surface area contributed by atoms with Crippen molar-refractivity contribution >= 4 is 15.8 Å². The quantitative estimate of drug-likeness (QED) is 0.799. The summed E-state index contributed by atoms with van der Waals surface area (Å²) in [6.07, 6.45) is 0.896. The average Bonchev–Trinajstić information content (AvgIpc) is 3.16. The molecule has 1 aliphatic rings. The van der Waals surface area contributed by atoms with E-state index in [2.05, 4.69) is 0 Å². The van der Waals surface area contributed by atoms with E-state index in [4.69, 9.17) is 10.5 Å². The molecule has 5 nitrogen and oxygen atoms in total. The van der Waals surface area contributed by atoms with Gasteiger partial charge < -0.3 is 10.5 Å². The smallest absolute Gasteiger partial charge is 0.328 e. The first-order valence-electron chi connectivity index (χ1n) is 7.59. The summed E-state index contributed by atoms with van der Waals surface area (Å²) in [7, 11) is -3.43. The highest BCUT2D eigenvalue weighted by Gasteiger charge is 2.74. The molecule has 0 amide bonds. The Hall–Kier alpha value is -1.40. The molecule has 0 aliphatic heterocycles. The van der Waals surface area contributed by atoms with Crippen LogP contribution in [0, 0.1) is 0 Å². The fraction of sp³-hybridized carbons (Fsp3) is 0.562. The zero-order chi connectivity index (χ0) is 16.5. The number of aryl methyl sites for hydroxylation is 1. The molecule has 0 heterocycles. The van der Waals surface area contributed by atoms with Gasteiger partial charge in [0.1, 0.15) is 5.54 Å². The van der Waals surface area contributed by atoms with Gasteiger partial charge in [0.25, 0.3) is 0 Å². The van der Waals surface area contributed by atoms with Gasteiger partial charge in [-0.2, -0.15) is 0 Å². The summed E-state index contributed by atoms with van der Waals surface area (Å²) in [5.74, 6) is -1.22. The third kappa shape index (κ3) is 2.65. The van der Waals surface area contributed by atoms with Crippen LogP contribution in [0.1, 0.15) is 37.8 Å². The molecule has 1 aromatic carbocycles. The highest BCUT2D eigenvalue weighted by molar-refractivity contribution is 7.92. The number of ether oxygens (including phenoxy) is 1. The van der Waals surface area contributed by atoms with E-state index in [1.807, 2.05) is 31.2 Å². The lowest BCUT2D eigenvalue weighted by Crippen LogP contribution is -2.41. The summed E-state index contributed by atoms with van der Waals surface area (Å²) in [5.41, 5.74) is 6.63. The van der Waals surface area contributed by atoms with Crippen LogP contribution in [0.25, 0.3) is 0 Å². The molecule has 22 heavy (non-hydrogen) atoms. The molecule has 2 rings (SSSR count). The molecule has 1 fully saturated rings. The fourth-order valence-electron chi connectivity index (χ4n) is 2.97. The summed E-state index contributed by atoms with van der Waals surface area (Å²) < 4.78 is 29.6. The van der Waals surface area contributed by atoms with Gasteiger partial charge in [-0.1, -0.05) is 38.1 Å². The van der Waals surface area contributed by atoms with Crippen molar-refractivity contribution in [3.8, 4) is 0 Å². The number of benzene rings is 1. The molecule has 122 valence electrons. The van der Waals surface area contributed by atoms with E-state index in [9.17, 15) is 13.2 Å². The van der Waals surface area contributed by atoms with Gasteiger partial charge in [0.15, 0.2) is 9.84 Å². The zero-order valence-electron chi connectivity index (χ0n) is 13.2. The van der Waals surface area contributed by atoms with E-state index in [0.717, 1.165) is 17.5 Å². The molecule has 0 saturated heterocycles. The van der Waals surface area contributed by atoms with Gasteiger partial charge >= 0.3 is 5.97 Å². The predicted molar refractivity (Wildman–Crippen MR) is 85.4 cm³/mol. The van der Waals surface area contributed by atoms with E-state index in [-0.39, 0.29) is 12.4 Å². The van der Waals surface area contributed by atoms with Crippen molar-refractivity contribution in [1.82, 2.24) is 0 Å². The van der Waals surface area contributed by atoms with Gasteiger partial charge in [-0.15, -0.1) is 0 Å². The Kier molecular flexibility index (Phi) is 4.63. The number of sulfone groups is 1. The van der Waals surface area contributed by atoms with Crippen LogP contribution in [0.5, 0.6) is 0 Å². The molecule has 1 saturated carbocycles. The molecule has 1 aliphatic carbocycles. The van der Waals surface area contributed by atoms with Crippen molar-refractivity contribution in [1.29, 1.82) is 0 Å². The summed E-state index contributed by atoms with van der Waals surface area (Å²) in [4.78, 5) is 12.2. The van der Waals surface area contributed by atoms with Gasteiger partial charge in [-0.25, -0.2) is 13.2 Å². The Balaban J connectivity index is 2.40. The van der Waals surface area contributed by atoms with Crippen LogP contribution in [0.2, 0.25) is 0 Å². The van der Waals surface area contributed by atoms with E-state index in [1.54, 1.807) is 13.8 Å². The summed E-state index contributed by atoms with van der Waals surface area (Å²) >= 11 is 0. The Labute approximate surface area is 131 Å².